The molecule has 0 aliphatic carbocycles. The van der Waals surface area contributed by atoms with Crippen molar-refractivity contribution in [1.82, 2.24) is 25.4 Å². The first kappa shape index (κ1) is 13.1. The number of nitrogens with one attached hydrogen (secondary N) is 1. The summed E-state index contributed by atoms with van der Waals surface area (Å²) in [7, 11) is 0. The lowest BCUT2D eigenvalue weighted by Crippen LogP contribution is -2.34. The molecule has 2 heterocycles. The van der Waals surface area contributed by atoms with Crippen molar-refractivity contribution in [2.24, 2.45) is 0 Å². The molecule has 19 heavy (non-hydrogen) atoms. The largest absolute Gasteiger partial charge is 0.472 e. The standard InChI is InChI=1S/C11H15N5O3/c1-8-11(15-19-14-8)18-7-5-12-10(17)9(2)16-6-3-4-13-16/h3-4,6,9H,5,7H2,1-2H3,(H,12,17). The highest BCUT2D eigenvalue weighted by atomic mass is 16.6. The summed E-state index contributed by atoms with van der Waals surface area (Å²) in [5.74, 6) is 0.219. The SMILES string of the molecule is Cc1nonc1OCCNC(=O)C(C)n1cccn1. The summed E-state index contributed by atoms with van der Waals surface area (Å²) in [6.45, 7) is 4.17. The monoisotopic (exact) mass is 265 g/mol. The number of carbonyl (C=O) groups excluding carboxylic acids is 1. The van der Waals surface area contributed by atoms with Gasteiger partial charge in [0.25, 0.3) is 5.88 Å². The summed E-state index contributed by atoms with van der Waals surface area (Å²) in [6.07, 6.45) is 3.37. The van der Waals surface area contributed by atoms with Crippen LogP contribution in [0.4, 0.5) is 0 Å². The van der Waals surface area contributed by atoms with E-state index >= 15 is 0 Å². The Morgan fingerprint density at radius 3 is 3.05 bits per heavy atom. The highest BCUT2D eigenvalue weighted by Crippen LogP contribution is 2.09. The van der Waals surface area contributed by atoms with Crippen LogP contribution in [-0.4, -0.2) is 39.2 Å². The van der Waals surface area contributed by atoms with E-state index in [0.29, 0.717) is 24.7 Å². The smallest absolute Gasteiger partial charge is 0.278 e. The van der Waals surface area contributed by atoms with E-state index in [0.717, 1.165) is 0 Å². The molecule has 2 rings (SSSR count). The molecule has 8 heteroatoms. The lowest BCUT2D eigenvalue weighted by molar-refractivity contribution is -0.124. The van der Waals surface area contributed by atoms with Crippen LogP contribution in [0.25, 0.3) is 0 Å². The summed E-state index contributed by atoms with van der Waals surface area (Å²) >= 11 is 0. The van der Waals surface area contributed by atoms with Crippen LogP contribution in [0.3, 0.4) is 0 Å². The van der Waals surface area contributed by atoms with Crippen LogP contribution < -0.4 is 10.1 Å². The molecular formula is C11H15N5O3. The first-order chi connectivity index (χ1) is 9.18. The molecule has 0 saturated heterocycles. The second-order valence-corrected chi connectivity index (χ2v) is 3.96. The van der Waals surface area contributed by atoms with Gasteiger partial charge in [-0.1, -0.05) is 5.16 Å². The second kappa shape index (κ2) is 5.98. The molecule has 1 N–H and O–H groups in total. The maximum atomic E-state index is 11.8. The topological polar surface area (TPSA) is 95.1 Å². The normalized spacial score (nSPS) is 12.1. The van der Waals surface area contributed by atoms with Crippen LogP contribution in [-0.2, 0) is 4.79 Å². The van der Waals surface area contributed by atoms with E-state index in [1.54, 1.807) is 37.0 Å². The number of ether oxygens (including phenoxy) is 1. The summed E-state index contributed by atoms with van der Waals surface area (Å²) < 4.78 is 11.4. The average molecular weight is 265 g/mol. The molecule has 2 aromatic rings. The van der Waals surface area contributed by atoms with E-state index in [1.807, 2.05) is 0 Å². The number of rotatable bonds is 6. The van der Waals surface area contributed by atoms with Crippen LogP contribution in [0.1, 0.15) is 18.7 Å². The van der Waals surface area contributed by atoms with Crippen molar-refractivity contribution in [3.8, 4) is 5.88 Å². The zero-order valence-corrected chi connectivity index (χ0v) is 10.7. The first-order valence-electron chi connectivity index (χ1n) is 5.87. The van der Waals surface area contributed by atoms with Crippen LogP contribution >= 0.6 is 0 Å². The summed E-state index contributed by atoms with van der Waals surface area (Å²) in [5, 5.41) is 13.9. The van der Waals surface area contributed by atoms with Crippen molar-refractivity contribution in [1.29, 1.82) is 0 Å². The number of aryl methyl sites for hydroxylation is 1. The van der Waals surface area contributed by atoms with Gasteiger partial charge in [0.2, 0.25) is 5.91 Å². The Kier molecular flexibility index (Phi) is 4.11. The number of amides is 1. The Hall–Kier alpha value is -2.38. The number of hydrogen-bond acceptors (Lipinski definition) is 6. The summed E-state index contributed by atoms with van der Waals surface area (Å²) in [5.41, 5.74) is 0.580. The molecule has 1 unspecified atom stereocenters. The highest BCUT2D eigenvalue weighted by molar-refractivity contribution is 5.79. The number of hydrogen-bond donors (Lipinski definition) is 1. The van der Waals surface area contributed by atoms with Gasteiger partial charge in [0, 0.05) is 12.4 Å². The minimum Gasteiger partial charge on any atom is -0.472 e. The molecule has 2 aromatic heterocycles. The first-order valence-corrected chi connectivity index (χ1v) is 5.87. The zero-order valence-electron chi connectivity index (χ0n) is 10.7. The van der Waals surface area contributed by atoms with Crippen molar-refractivity contribution < 1.29 is 14.2 Å². The minimum absolute atomic E-state index is 0.123. The Morgan fingerprint density at radius 2 is 2.42 bits per heavy atom. The van der Waals surface area contributed by atoms with Crippen molar-refractivity contribution in [3.05, 3.63) is 24.2 Å². The van der Waals surface area contributed by atoms with Gasteiger partial charge in [-0.3, -0.25) is 9.48 Å². The molecule has 102 valence electrons. The molecule has 1 amide bonds. The quantitative estimate of drug-likeness (QED) is 0.756. The maximum Gasteiger partial charge on any atom is 0.278 e. The Labute approximate surface area is 109 Å². The van der Waals surface area contributed by atoms with Crippen molar-refractivity contribution in [2.75, 3.05) is 13.2 Å². The third-order valence-electron chi connectivity index (χ3n) is 2.55. The lowest BCUT2D eigenvalue weighted by Gasteiger charge is -2.12. The summed E-state index contributed by atoms with van der Waals surface area (Å²) in [6, 6.07) is 1.42. The lowest BCUT2D eigenvalue weighted by atomic mass is 10.3. The predicted molar refractivity (Wildman–Crippen MR) is 64.5 cm³/mol. The van der Waals surface area contributed by atoms with Crippen molar-refractivity contribution in [3.63, 3.8) is 0 Å². The van der Waals surface area contributed by atoms with E-state index in [2.05, 4.69) is 25.4 Å². The molecule has 8 nitrogen and oxygen atoms in total. The van der Waals surface area contributed by atoms with E-state index < -0.39 is 0 Å². The second-order valence-electron chi connectivity index (χ2n) is 3.96. The maximum absolute atomic E-state index is 11.8. The Balaban J connectivity index is 1.71. The molecule has 0 aromatic carbocycles. The van der Waals surface area contributed by atoms with E-state index in [-0.39, 0.29) is 11.9 Å². The molecular weight excluding hydrogens is 250 g/mol. The molecule has 0 spiro atoms. The number of carbonyl (C=O) groups is 1. The highest BCUT2D eigenvalue weighted by Gasteiger charge is 2.14. The van der Waals surface area contributed by atoms with E-state index in [9.17, 15) is 4.79 Å². The summed E-state index contributed by atoms with van der Waals surface area (Å²) in [4.78, 5) is 11.8. The number of nitrogens with zero attached hydrogens (tertiary/aromatic N) is 4. The van der Waals surface area contributed by atoms with Crippen LogP contribution in [0.15, 0.2) is 23.1 Å². The van der Waals surface area contributed by atoms with Gasteiger partial charge < -0.3 is 10.1 Å². The molecule has 0 fully saturated rings. The Morgan fingerprint density at radius 1 is 1.58 bits per heavy atom. The van der Waals surface area contributed by atoms with Gasteiger partial charge in [0.1, 0.15) is 18.3 Å². The fourth-order valence-electron chi connectivity index (χ4n) is 1.45. The van der Waals surface area contributed by atoms with Gasteiger partial charge in [-0.25, -0.2) is 4.63 Å². The zero-order chi connectivity index (χ0) is 13.7. The molecule has 1 atom stereocenters. The van der Waals surface area contributed by atoms with Crippen LogP contribution in [0, 0.1) is 6.92 Å². The molecule has 0 aliphatic rings. The van der Waals surface area contributed by atoms with Crippen LogP contribution in [0.2, 0.25) is 0 Å². The van der Waals surface area contributed by atoms with Crippen LogP contribution in [0.5, 0.6) is 5.88 Å². The van der Waals surface area contributed by atoms with Gasteiger partial charge in [-0.05, 0) is 25.1 Å². The van der Waals surface area contributed by atoms with Gasteiger partial charge >= 0.3 is 0 Å². The molecule has 0 bridgehead atoms. The van der Waals surface area contributed by atoms with Crippen molar-refractivity contribution >= 4 is 5.91 Å². The Bertz CT molecular complexity index is 522. The van der Waals surface area contributed by atoms with Gasteiger partial charge in [0.05, 0.1) is 6.54 Å². The third-order valence-corrected chi connectivity index (χ3v) is 2.55. The van der Waals surface area contributed by atoms with Gasteiger partial charge in [-0.2, -0.15) is 5.10 Å². The molecule has 0 saturated carbocycles. The molecule has 0 radical (unpaired) electrons. The minimum atomic E-state index is -0.356. The fraction of sp³-hybridized carbons (Fsp3) is 0.455. The van der Waals surface area contributed by atoms with Crippen molar-refractivity contribution in [2.45, 2.75) is 19.9 Å². The van der Waals surface area contributed by atoms with Gasteiger partial charge in [0.15, 0.2) is 0 Å². The number of aromatic nitrogens is 4. The third kappa shape index (κ3) is 3.30. The van der Waals surface area contributed by atoms with Gasteiger partial charge in [-0.15, -0.1) is 0 Å². The average Bonchev–Trinajstić information content (AvgIpc) is 3.05. The fourth-order valence-corrected chi connectivity index (χ4v) is 1.45. The van der Waals surface area contributed by atoms with E-state index in [4.69, 9.17) is 4.74 Å². The van der Waals surface area contributed by atoms with E-state index in [1.165, 1.54) is 0 Å². The molecule has 0 aliphatic heterocycles. The predicted octanol–water partition coefficient (Wildman–Crippen LogP) is 0.331.